The molecule has 1 aromatic carbocycles. The van der Waals surface area contributed by atoms with E-state index in [1.807, 2.05) is 0 Å². The van der Waals surface area contributed by atoms with E-state index in [2.05, 4.69) is 26.6 Å². The highest BCUT2D eigenvalue weighted by Gasteiger charge is 2.40. The number of nitrogens with two attached hydrogens (primary N) is 1. The number of amides is 5. The molecule has 1 fully saturated rings. The van der Waals surface area contributed by atoms with Gasteiger partial charge in [-0.2, -0.15) is 0 Å². The highest BCUT2D eigenvalue weighted by atomic mass is 16.4. The number of aliphatic carboxylic acids is 4. The first-order chi connectivity index (χ1) is 26.3. The Hall–Kier alpha value is -5.79. The van der Waals surface area contributed by atoms with Gasteiger partial charge in [0, 0.05) is 25.7 Å². The van der Waals surface area contributed by atoms with Crippen molar-refractivity contribution in [3.8, 4) is 5.75 Å². The summed E-state index contributed by atoms with van der Waals surface area (Å²) < 4.78 is 0. The minimum absolute atomic E-state index is 0.0613. The number of nitrogens with one attached hydrogen (secondary N) is 5. The SMILES string of the molecule is CC[C@H](C)[C@H](NC(=O)[C@H](CCC(=O)O)NC(=O)[C@H](CCC(=O)O)NC(=O)[C@H](Cc1ccc(O)cc1)NC(=O)C1(N)CCCC1)C(=O)N[C@@H](CCC(=O)O)C(=O)O. The fourth-order valence-corrected chi connectivity index (χ4v) is 5.97. The van der Waals surface area contributed by atoms with Crippen LogP contribution in [0, 0.1) is 5.92 Å². The van der Waals surface area contributed by atoms with Crippen LogP contribution in [0.1, 0.15) is 90.0 Å². The second-order valence-electron chi connectivity index (χ2n) is 14.0. The number of carbonyl (C=O) groups excluding carboxylic acids is 5. The third-order valence-corrected chi connectivity index (χ3v) is 9.56. The van der Waals surface area contributed by atoms with E-state index in [0.717, 1.165) is 0 Å². The van der Waals surface area contributed by atoms with Crippen molar-refractivity contribution in [2.45, 2.75) is 127 Å². The molecule has 0 heterocycles. The van der Waals surface area contributed by atoms with E-state index in [4.69, 9.17) is 10.8 Å². The smallest absolute Gasteiger partial charge is 0.326 e. The number of rotatable bonds is 24. The van der Waals surface area contributed by atoms with Crippen molar-refractivity contribution in [3.05, 3.63) is 29.8 Å². The van der Waals surface area contributed by atoms with Crippen molar-refractivity contribution in [2.75, 3.05) is 0 Å². The van der Waals surface area contributed by atoms with Gasteiger partial charge in [0.25, 0.3) is 0 Å². The number of hydrogen-bond acceptors (Lipinski definition) is 11. The summed E-state index contributed by atoms with van der Waals surface area (Å²) in [4.78, 5) is 113. The van der Waals surface area contributed by atoms with Gasteiger partial charge in [0.15, 0.2) is 0 Å². The molecule has 1 aliphatic carbocycles. The van der Waals surface area contributed by atoms with E-state index in [0.29, 0.717) is 31.2 Å². The molecule has 1 saturated carbocycles. The minimum Gasteiger partial charge on any atom is -0.508 e. The summed E-state index contributed by atoms with van der Waals surface area (Å²) in [5, 5.41) is 59.0. The summed E-state index contributed by atoms with van der Waals surface area (Å²) in [6.07, 6.45) is -1.17. The van der Waals surface area contributed by atoms with Crippen LogP contribution in [-0.2, 0) is 49.6 Å². The lowest BCUT2D eigenvalue weighted by Crippen LogP contribution is -2.61. The zero-order valence-corrected chi connectivity index (χ0v) is 31.2. The maximum Gasteiger partial charge on any atom is 0.326 e. The number of aromatic hydroxyl groups is 1. The summed E-state index contributed by atoms with van der Waals surface area (Å²) in [6, 6.07) is -2.00. The molecule has 310 valence electrons. The van der Waals surface area contributed by atoms with E-state index in [9.17, 15) is 63.6 Å². The second kappa shape index (κ2) is 21.9. The average Bonchev–Trinajstić information content (AvgIpc) is 3.59. The van der Waals surface area contributed by atoms with Gasteiger partial charge in [0.05, 0.1) is 5.54 Å². The Morgan fingerprint density at radius 1 is 0.643 bits per heavy atom. The number of phenols is 1. The molecule has 0 radical (unpaired) electrons. The van der Waals surface area contributed by atoms with Gasteiger partial charge in [-0.25, -0.2) is 4.79 Å². The first-order valence-electron chi connectivity index (χ1n) is 18.2. The standard InChI is InChI=1S/C36H52N6O14/c1-3-19(2)29(33(53)40-24(34(54)55)12-15-28(48)49)42-31(51)23(11-14-27(46)47)38-30(50)22(10-13-26(44)45)39-32(52)25(18-20-6-8-21(43)9-7-20)41-35(56)36(37)16-4-5-17-36/h6-9,19,22-25,29,43H,3-5,10-18,37H2,1-2H3,(H,38,50)(H,39,52)(H,40,53)(H,41,56)(H,42,51)(H,44,45)(H,46,47)(H,48,49)(H,54,55)/t19-,22-,23-,24-,25-,29-/m0/s1. The Balaban J connectivity index is 2.38. The summed E-state index contributed by atoms with van der Waals surface area (Å²) in [5.41, 5.74) is 5.55. The first kappa shape index (κ1) is 46.4. The summed E-state index contributed by atoms with van der Waals surface area (Å²) >= 11 is 0. The van der Waals surface area contributed by atoms with Gasteiger partial charge >= 0.3 is 23.9 Å². The van der Waals surface area contributed by atoms with Gasteiger partial charge < -0.3 is 57.9 Å². The van der Waals surface area contributed by atoms with E-state index in [-0.39, 0.29) is 18.6 Å². The normalized spacial score (nSPS) is 16.4. The van der Waals surface area contributed by atoms with Crippen LogP contribution in [0.2, 0.25) is 0 Å². The molecule has 2 rings (SSSR count). The monoisotopic (exact) mass is 792 g/mol. The number of carboxylic acid groups (broad SMARTS) is 4. The number of carboxylic acids is 4. The molecule has 1 aliphatic rings. The van der Waals surface area contributed by atoms with Crippen LogP contribution < -0.4 is 32.3 Å². The molecule has 1 aromatic rings. The number of hydrogen-bond donors (Lipinski definition) is 11. The van der Waals surface area contributed by atoms with Gasteiger partial charge in [0.1, 0.15) is 36.0 Å². The second-order valence-corrected chi connectivity index (χ2v) is 14.0. The number of phenolic OH excluding ortho intramolecular Hbond substituents is 1. The fourth-order valence-electron chi connectivity index (χ4n) is 5.97. The Labute approximate surface area is 322 Å². The van der Waals surface area contributed by atoms with Gasteiger partial charge in [-0.1, -0.05) is 45.2 Å². The van der Waals surface area contributed by atoms with E-state index in [1.54, 1.807) is 13.8 Å². The fraction of sp³-hybridized carbons (Fsp3) is 0.583. The highest BCUT2D eigenvalue weighted by molar-refractivity contribution is 5.97. The third-order valence-electron chi connectivity index (χ3n) is 9.56. The molecule has 56 heavy (non-hydrogen) atoms. The van der Waals surface area contributed by atoms with Crippen LogP contribution in [0.3, 0.4) is 0 Å². The van der Waals surface area contributed by atoms with Crippen LogP contribution in [0.15, 0.2) is 24.3 Å². The maximum absolute atomic E-state index is 13.8. The van der Waals surface area contributed by atoms with Crippen LogP contribution in [0.25, 0.3) is 0 Å². The van der Waals surface area contributed by atoms with Gasteiger partial charge in [-0.15, -0.1) is 0 Å². The lowest BCUT2D eigenvalue weighted by molar-refractivity contribution is -0.144. The Morgan fingerprint density at radius 2 is 1.07 bits per heavy atom. The van der Waals surface area contributed by atoms with Crippen molar-refractivity contribution in [2.24, 2.45) is 11.7 Å². The molecule has 12 N–H and O–H groups in total. The topological polar surface area (TPSA) is 341 Å². The molecular weight excluding hydrogens is 740 g/mol. The molecule has 0 unspecified atom stereocenters. The summed E-state index contributed by atoms with van der Waals surface area (Å²) in [6.45, 7) is 3.21. The average molecular weight is 793 g/mol. The number of benzene rings is 1. The molecular formula is C36H52N6O14. The van der Waals surface area contributed by atoms with Gasteiger partial charge in [0.2, 0.25) is 29.5 Å². The van der Waals surface area contributed by atoms with Crippen LogP contribution >= 0.6 is 0 Å². The Bertz CT molecular complexity index is 1600. The van der Waals surface area contributed by atoms with Crippen molar-refractivity contribution in [1.29, 1.82) is 0 Å². The largest absolute Gasteiger partial charge is 0.508 e. The van der Waals surface area contributed by atoms with Crippen LogP contribution in [0.5, 0.6) is 5.75 Å². The molecule has 5 amide bonds. The molecule has 20 heteroatoms. The third kappa shape index (κ3) is 15.2. The predicted molar refractivity (Wildman–Crippen MR) is 195 cm³/mol. The van der Waals surface area contributed by atoms with Gasteiger partial charge in [-0.3, -0.25) is 38.4 Å². The molecule has 6 atom stereocenters. The van der Waals surface area contributed by atoms with E-state index >= 15 is 0 Å². The van der Waals surface area contributed by atoms with Crippen molar-refractivity contribution in [1.82, 2.24) is 26.6 Å². The van der Waals surface area contributed by atoms with E-state index < -0.39 is 134 Å². The van der Waals surface area contributed by atoms with Crippen LogP contribution in [-0.4, -0.2) is 115 Å². The summed E-state index contributed by atoms with van der Waals surface area (Å²) in [5.74, 6) is -11.0. The zero-order valence-electron chi connectivity index (χ0n) is 31.2. The lowest BCUT2D eigenvalue weighted by Gasteiger charge is -2.29. The van der Waals surface area contributed by atoms with Crippen molar-refractivity contribution < 1.29 is 68.7 Å². The Morgan fingerprint density at radius 3 is 1.52 bits per heavy atom. The molecule has 0 spiro atoms. The maximum atomic E-state index is 13.8. The van der Waals surface area contributed by atoms with Crippen molar-refractivity contribution >= 4 is 53.4 Å². The molecule has 0 aliphatic heterocycles. The highest BCUT2D eigenvalue weighted by Crippen LogP contribution is 2.27. The Kier molecular flexibility index (Phi) is 18.2. The quantitative estimate of drug-likeness (QED) is 0.0620. The first-order valence-corrected chi connectivity index (χ1v) is 18.2. The zero-order chi connectivity index (χ0) is 42.2. The minimum atomic E-state index is -1.67. The summed E-state index contributed by atoms with van der Waals surface area (Å²) in [7, 11) is 0. The molecule has 0 bridgehead atoms. The van der Waals surface area contributed by atoms with Gasteiger partial charge in [-0.05, 0) is 55.7 Å². The lowest BCUT2D eigenvalue weighted by atomic mass is 9.96. The number of carbonyl (C=O) groups is 9. The molecule has 0 saturated heterocycles. The predicted octanol–water partition coefficient (Wildman–Crippen LogP) is -0.645. The molecule has 20 nitrogen and oxygen atoms in total. The van der Waals surface area contributed by atoms with E-state index in [1.165, 1.54) is 24.3 Å². The molecule has 0 aromatic heterocycles. The van der Waals surface area contributed by atoms with Crippen molar-refractivity contribution in [3.63, 3.8) is 0 Å². The van der Waals surface area contributed by atoms with Crippen LogP contribution in [0.4, 0.5) is 0 Å².